The highest BCUT2D eigenvalue weighted by Crippen LogP contribution is 2.24. The highest BCUT2D eigenvalue weighted by molar-refractivity contribution is 5.90. The molecule has 0 amide bonds. The summed E-state index contributed by atoms with van der Waals surface area (Å²) in [5.41, 5.74) is 1.07. The summed E-state index contributed by atoms with van der Waals surface area (Å²) in [6, 6.07) is 4.88. The molecule has 0 spiro atoms. The molecule has 0 saturated heterocycles. The summed E-state index contributed by atoms with van der Waals surface area (Å²) in [6.07, 6.45) is 0. The zero-order valence-electron chi connectivity index (χ0n) is 16.7. The molecule has 0 heterocycles. The zero-order chi connectivity index (χ0) is 22.1. The lowest BCUT2D eigenvalue weighted by molar-refractivity contribution is 0.0476. The Kier molecular flexibility index (Phi) is 9.01. The summed E-state index contributed by atoms with van der Waals surface area (Å²) in [7, 11) is 3.89. The summed E-state index contributed by atoms with van der Waals surface area (Å²) in [6.45, 7) is 3.10. The fourth-order valence-corrected chi connectivity index (χ4v) is 2.24. The number of rotatable bonds is 5. The number of carbonyl (C=O) groups excluding carboxylic acids is 2. The van der Waals surface area contributed by atoms with Crippen LogP contribution in [0.2, 0.25) is 0 Å². The van der Waals surface area contributed by atoms with E-state index < -0.39 is 29.3 Å². The molecule has 2 aromatic carbocycles. The van der Waals surface area contributed by atoms with Crippen molar-refractivity contribution in [1.29, 1.82) is 0 Å². The van der Waals surface area contributed by atoms with Gasteiger partial charge in [-0.2, -0.15) is 0 Å². The number of phenolic OH excluding ortho intramolecular Hbond substituents is 1. The van der Waals surface area contributed by atoms with E-state index in [1.54, 1.807) is 6.92 Å². The van der Waals surface area contributed by atoms with Crippen LogP contribution >= 0.6 is 0 Å². The van der Waals surface area contributed by atoms with Crippen molar-refractivity contribution in [2.45, 2.75) is 13.8 Å². The average molecular weight is 412 g/mol. The van der Waals surface area contributed by atoms with Crippen LogP contribution in [0.1, 0.15) is 31.8 Å². The molecule has 1 N–H and O–H groups in total. The first-order chi connectivity index (χ1) is 13.7. The van der Waals surface area contributed by atoms with Crippen LogP contribution in [0.3, 0.4) is 0 Å². The molecule has 0 atom stereocenters. The van der Waals surface area contributed by atoms with Crippen molar-refractivity contribution >= 4 is 11.9 Å². The average Bonchev–Trinajstić information content (AvgIpc) is 2.70. The number of halogens is 2. The van der Waals surface area contributed by atoms with Crippen LogP contribution < -0.4 is 4.74 Å². The van der Waals surface area contributed by atoms with Gasteiger partial charge in [-0.3, -0.25) is 0 Å². The Balaban J connectivity index is 0.000000296. The van der Waals surface area contributed by atoms with Crippen LogP contribution in [0.15, 0.2) is 24.3 Å². The van der Waals surface area contributed by atoms with Crippen LogP contribution in [0.5, 0.6) is 11.5 Å². The minimum atomic E-state index is -0.819. The normalized spacial score (nSPS) is 9.90. The third kappa shape index (κ3) is 6.42. The summed E-state index contributed by atoms with van der Waals surface area (Å²) >= 11 is 0. The Labute approximate surface area is 166 Å². The molecule has 0 aliphatic heterocycles. The molecule has 7 nitrogen and oxygen atoms in total. The van der Waals surface area contributed by atoms with Gasteiger partial charge in [-0.05, 0) is 49.2 Å². The van der Waals surface area contributed by atoms with Gasteiger partial charge in [0.2, 0.25) is 0 Å². The van der Waals surface area contributed by atoms with E-state index in [2.05, 4.69) is 14.2 Å². The Bertz CT molecular complexity index is 835. The lowest BCUT2D eigenvalue weighted by Crippen LogP contribution is -2.06. The first-order valence-corrected chi connectivity index (χ1v) is 8.23. The summed E-state index contributed by atoms with van der Waals surface area (Å²) < 4.78 is 45.0. The smallest absolute Gasteiger partial charge is 0.337 e. The highest BCUT2D eigenvalue weighted by atomic mass is 19.1. The number of phenols is 1. The van der Waals surface area contributed by atoms with Crippen molar-refractivity contribution in [3.63, 3.8) is 0 Å². The van der Waals surface area contributed by atoms with Gasteiger partial charge < -0.3 is 24.1 Å². The molecule has 0 aromatic heterocycles. The number of methoxy groups -OCH3 is 3. The maximum absolute atomic E-state index is 13.5. The SMILES string of the molecule is COC(=O)c1cc(C)c(O)c(F)c1.COCOc1c(C)cc(C(=O)OC)cc1F. The van der Waals surface area contributed by atoms with Gasteiger partial charge in [-0.25, -0.2) is 18.4 Å². The van der Waals surface area contributed by atoms with Gasteiger partial charge in [0.05, 0.1) is 25.3 Å². The Morgan fingerprint density at radius 1 is 0.862 bits per heavy atom. The summed E-state index contributed by atoms with van der Waals surface area (Å²) in [4.78, 5) is 22.1. The molecule has 9 heteroatoms. The molecule has 0 fully saturated rings. The van der Waals surface area contributed by atoms with Gasteiger partial charge in [0.25, 0.3) is 0 Å². The molecule has 29 heavy (non-hydrogen) atoms. The van der Waals surface area contributed by atoms with Gasteiger partial charge in [-0.1, -0.05) is 0 Å². The number of aromatic hydroxyl groups is 1. The van der Waals surface area contributed by atoms with Crippen molar-refractivity contribution in [2.75, 3.05) is 28.1 Å². The molecule has 0 aliphatic carbocycles. The van der Waals surface area contributed by atoms with Crippen LogP contribution in [0.25, 0.3) is 0 Å². The maximum atomic E-state index is 13.5. The van der Waals surface area contributed by atoms with E-state index in [1.165, 1.54) is 40.4 Å². The van der Waals surface area contributed by atoms with E-state index in [9.17, 15) is 18.4 Å². The third-order valence-electron chi connectivity index (χ3n) is 3.65. The quantitative estimate of drug-likeness (QED) is 0.593. The van der Waals surface area contributed by atoms with Crippen molar-refractivity contribution in [3.8, 4) is 11.5 Å². The molecule has 158 valence electrons. The lowest BCUT2D eigenvalue weighted by atomic mass is 10.1. The van der Waals surface area contributed by atoms with E-state index in [4.69, 9.17) is 9.84 Å². The van der Waals surface area contributed by atoms with Crippen molar-refractivity contribution in [1.82, 2.24) is 0 Å². The van der Waals surface area contributed by atoms with E-state index in [0.717, 1.165) is 12.1 Å². The molecular weight excluding hydrogens is 390 g/mol. The monoisotopic (exact) mass is 412 g/mol. The van der Waals surface area contributed by atoms with Gasteiger partial charge in [0.1, 0.15) is 0 Å². The highest BCUT2D eigenvalue weighted by Gasteiger charge is 2.14. The topological polar surface area (TPSA) is 91.3 Å². The van der Waals surface area contributed by atoms with Gasteiger partial charge >= 0.3 is 11.9 Å². The summed E-state index contributed by atoms with van der Waals surface area (Å²) in [5, 5.41) is 9.06. The van der Waals surface area contributed by atoms with E-state index >= 15 is 0 Å². The zero-order valence-corrected chi connectivity index (χ0v) is 16.7. The van der Waals surface area contributed by atoms with E-state index in [1.807, 2.05) is 0 Å². The van der Waals surface area contributed by atoms with Crippen molar-refractivity contribution in [2.24, 2.45) is 0 Å². The van der Waals surface area contributed by atoms with Crippen molar-refractivity contribution < 1.29 is 42.4 Å². The molecular formula is C20H22F2O7. The first-order valence-electron chi connectivity index (χ1n) is 8.23. The number of carbonyl (C=O) groups is 2. The second-order valence-electron chi connectivity index (χ2n) is 5.76. The first kappa shape index (κ1) is 23.8. The third-order valence-corrected chi connectivity index (χ3v) is 3.65. The van der Waals surface area contributed by atoms with Crippen LogP contribution in [-0.2, 0) is 14.2 Å². The van der Waals surface area contributed by atoms with Crippen molar-refractivity contribution in [3.05, 3.63) is 58.2 Å². The van der Waals surface area contributed by atoms with E-state index in [-0.39, 0.29) is 23.7 Å². The Hall–Kier alpha value is -3.20. The lowest BCUT2D eigenvalue weighted by Gasteiger charge is -2.10. The second kappa shape index (κ2) is 11.0. The number of esters is 2. The molecule has 0 saturated carbocycles. The fraction of sp³-hybridized carbons (Fsp3) is 0.300. The van der Waals surface area contributed by atoms with Gasteiger partial charge in [0.15, 0.2) is 29.9 Å². The van der Waals surface area contributed by atoms with Gasteiger partial charge in [0, 0.05) is 7.11 Å². The molecule has 0 unspecified atom stereocenters. The predicted molar refractivity (Wildman–Crippen MR) is 99.1 cm³/mol. The Morgan fingerprint density at radius 2 is 1.34 bits per heavy atom. The largest absolute Gasteiger partial charge is 0.505 e. The predicted octanol–water partition coefficient (Wildman–Crippen LogP) is 3.53. The molecule has 0 bridgehead atoms. The number of hydrogen-bond acceptors (Lipinski definition) is 7. The molecule has 2 rings (SSSR count). The molecule has 2 aromatic rings. The van der Waals surface area contributed by atoms with Crippen LogP contribution in [0, 0.1) is 25.5 Å². The standard InChI is InChI=1S/C11H13FO4.C9H9FO3/c1-7-4-8(11(13)15-3)5-9(12)10(7)16-6-14-2;1-5-3-6(9(12)13-2)4-7(10)8(5)11/h4-5H,6H2,1-3H3;3-4,11H,1-2H3. The minimum Gasteiger partial charge on any atom is -0.505 e. The minimum absolute atomic E-state index is 0.0463. The fourth-order valence-electron chi connectivity index (χ4n) is 2.24. The number of hydrogen-bond donors (Lipinski definition) is 1. The Morgan fingerprint density at radius 3 is 1.76 bits per heavy atom. The number of ether oxygens (including phenoxy) is 4. The van der Waals surface area contributed by atoms with Crippen LogP contribution in [-0.4, -0.2) is 45.2 Å². The molecule has 0 aliphatic rings. The van der Waals surface area contributed by atoms with E-state index in [0.29, 0.717) is 11.1 Å². The second-order valence-corrected chi connectivity index (χ2v) is 5.76. The van der Waals surface area contributed by atoms with Gasteiger partial charge in [-0.15, -0.1) is 0 Å². The number of aryl methyl sites for hydroxylation is 2. The van der Waals surface area contributed by atoms with Crippen LogP contribution in [0.4, 0.5) is 8.78 Å². The molecule has 0 radical (unpaired) electrons. The maximum Gasteiger partial charge on any atom is 0.337 e. The summed E-state index contributed by atoms with van der Waals surface area (Å²) in [5.74, 6) is -3.00. The number of benzene rings is 2.